The van der Waals surface area contributed by atoms with Crippen molar-refractivity contribution in [2.24, 2.45) is 0 Å². The van der Waals surface area contributed by atoms with Gasteiger partial charge in [-0.1, -0.05) is 30.3 Å². The Morgan fingerprint density at radius 3 is 1.61 bits per heavy atom. The second-order valence-electron chi connectivity index (χ2n) is 9.10. The average Bonchev–Trinajstić information content (AvgIpc) is 2.65. The van der Waals surface area contributed by atoms with Gasteiger partial charge in [0.25, 0.3) is 20.0 Å². The minimum Gasteiger partial charge on any atom is -0.440 e. The molecule has 0 fully saturated rings. The van der Waals surface area contributed by atoms with E-state index in [2.05, 4.69) is 39.3 Å². The molecule has 0 heterocycles. The molecule has 0 spiro atoms. The van der Waals surface area contributed by atoms with Crippen molar-refractivity contribution in [3.63, 3.8) is 0 Å². The summed E-state index contributed by atoms with van der Waals surface area (Å²) in [4.78, 5) is 0. The Balaban J connectivity index is 3.18. The Morgan fingerprint density at radius 1 is 0.697 bits per heavy atom. The second-order valence-corrected chi connectivity index (χ2v) is 28.3. The number of benzene rings is 1. The molecule has 8 nitrogen and oxygen atoms in total. The molecule has 0 amide bonds. The number of rotatable bonds is 17. The fourth-order valence-electron chi connectivity index (χ4n) is 3.51. The molecular weight excluding hydrogens is 541 g/mol. The zero-order valence-corrected chi connectivity index (χ0v) is 30.0. The van der Waals surface area contributed by atoms with Crippen LogP contribution in [0.2, 0.25) is 52.4 Å². The Bertz CT molecular complexity index is 669. The van der Waals surface area contributed by atoms with Crippen molar-refractivity contribution in [3.8, 4) is 0 Å². The van der Waals surface area contributed by atoms with Crippen LogP contribution in [0.4, 0.5) is 0 Å². The Hall–Kier alpha value is 0.418. The lowest BCUT2D eigenvalue weighted by molar-refractivity contribution is 0.197. The summed E-state index contributed by atoms with van der Waals surface area (Å²) >= 11 is 0. The third-order valence-electron chi connectivity index (χ3n) is 4.08. The van der Waals surface area contributed by atoms with E-state index in [1.807, 2.05) is 57.3 Å². The van der Waals surface area contributed by atoms with E-state index in [1.54, 1.807) is 0 Å². The first-order valence-electron chi connectivity index (χ1n) is 11.5. The van der Waals surface area contributed by atoms with E-state index >= 15 is 0 Å². The largest absolute Gasteiger partial charge is 0.509 e. The van der Waals surface area contributed by atoms with Gasteiger partial charge in [-0.05, 0) is 66.2 Å². The van der Waals surface area contributed by atoms with E-state index in [0.29, 0.717) is 13.2 Å². The van der Waals surface area contributed by atoms with Crippen LogP contribution < -0.4 is 5.19 Å². The van der Waals surface area contributed by atoms with E-state index in [-0.39, 0.29) is 0 Å². The molecule has 0 aliphatic heterocycles. The monoisotopic (exact) mass is 584 g/mol. The van der Waals surface area contributed by atoms with Crippen LogP contribution in [0.25, 0.3) is 0 Å². The third-order valence-corrected chi connectivity index (χ3v) is 25.3. The fraction of sp³-hybridized carbons (Fsp3) is 0.667. The lowest BCUT2D eigenvalue weighted by atomic mass is 10.4. The first-order chi connectivity index (χ1) is 15.3. The molecule has 15 heteroatoms. The molecule has 1 aromatic rings. The summed E-state index contributed by atoms with van der Waals surface area (Å²) in [5.74, 6) is 0. The first-order valence-corrected chi connectivity index (χ1v) is 26.8. The van der Waals surface area contributed by atoms with Gasteiger partial charge in [0.1, 0.15) is 0 Å². The number of hydrogen-bond acceptors (Lipinski definition) is 8. The van der Waals surface area contributed by atoms with Crippen LogP contribution in [0.15, 0.2) is 30.3 Å². The van der Waals surface area contributed by atoms with Gasteiger partial charge in [-0.2, -0.15) is 0 Å². The molecule has 0 N–H and O–H groups in total. The van der Waals surface area contributed by atoms with Crippen LogP contribution in [0.3, 0.4) is 0 Å². The van der Waals surface area contributed by atoms with Crippen molar-refractivity contribution in [2.75, 3.05) is 13.2 Å². The van der Waals surface area contributed by atoms with E-state index < -0.39 is 63.5 Å². The Kier molecular flexibility index (Phi) is 13.6. The highest BCUT2D eigenvalue weighted by Gasteiger charge is 2.51. The summed E-state index contributed by atoms with van der Waals surface area (Å²) in [7, 11) is -14.7. The molecule has 0 bridgehead atoms. The molecule has 0 saturated heterocycles. The summed E-state index contributed by atoms with van der Waals surface area (Å²) in [5, 5.41) is 0.901. The van der Waals surface area contributed by atoms with Crippen LogP contribution in [0.5, 0.6) is 0 Å². The smallest absolute Gasteiger partial charge is 0.440 e. The van der Waals surface area contributed by atoms with Crippen molar-refractivity contribution in [1.82, 2.24) is 0 Å². The van der Waals surface area contributed by atoms with E-state index in [1.165, 1.54) is 0 Å². The third kappa shape index (κ3) is 12.3. The lowest BCUT2D eigenvalue weighted by Gasteiger charge is -2.41. The predicted octanol–water partition coefficient (Wildman–Crippen LogP) is 2.09. The van der Waals surface area contributed by atoms with Crippen LogP contribution in [-0.2, 0) is 33.5 Å². The summed E-state index contributed by atoms with van der Waals surface area (Å²) in [6.45, 7) is 21.8. The lowest BCUT2D eigenvalue weighted by Crippen LogP contribution is -2.65. The van der Waals surface area contributed by atoms with Gasteiger partial charge in [-0.25, -0.2) is 0 Å². The molecule has 192 valence electrons. The summed E-state index contributed by atoms with van der Waals surface area (Å²) in [6.07, 6.45) is 0. The standard InChI is InChI=1S/C18H44O8Si7/c1-11-19-27-21-33(22-28-20-12-2,18-16-14-13-15-17-18)26-32(9,10)25-31(7,8)24-30(5,6)23-29(3)4/h13-17,29H,11-12,27-28H2,1-10H3. The minimum absolute atomic E-state index is 0.596. The second kappa shape index (κ2) is 14.2. The molecule has 0 aliphatic carbocycles. The van der Waals surface area contributed by atoms with E-state index in [0.717, 1.165) is 5.19 Å². The topological polar surface area (TPSA) is 73.8 Å². The zero-order chi connectivity index (χ0) is 25.2. The molecule has 1 rings (SSSR count). The van der Waals surface area contributed by atoms with Gasteiger partial charge in [-0.15, -0.1) is 0 Å². The van der Waals surface area contributed by atoms with Gasteiger partial charge in [-0.3, -0.25) is 0 Å². The predicted molar refractivity (Wildman–Crippen MR) is 150 cm³/mol. The van der Waals surface area contributed by atoms with Gasteiger partial charge >= 0.3 is 34.5 Å². The van der Waals surface area contributed by atoms with Crippen molar-refractivity contribution in [2.45, 2.75) is 66.2 Å². The minimum atomic E-state index is -3.30. The quantitative estimate of drug-likeness (QED) is 0.204. The molecule has 0 saturated carbocycles. The summed E-state index contributed by atoms with van der Waals surface area (Å²) < 4.78 is 50.3. The van der Waals surface area contributed by atoms with Crippen molar-refractivity contribution in [1.29, 1.82) is 0 Å². The molecule has 0 atom stereocenters. The van der Waals surface area contributed by atoms with Crippen molar-refractivity contribution < 1.29 is 33.5 Å². The molecular formula is C18H44O8Si7. The Morgan fingerprint density at radius 2 is 1.15 bits per heavy atom. The fourth-order valence-corrected chi connectivity index (χ4v) is 29.1. The van der Waals surface area contributed by atoms with Gasteiger partial charge in [0, 0.05) is 18.4 Å². The van der Waals surface area contributed by atoms with Crippen molar-refractivity contribution >= 4 is 68.7 Å². The van der Waals surface area contributed by atoms with Crippen LogP contribution in [-0.4, -0.2) is 76.8 Å². The van der Waals surface area contributed by atoms with Gasteiger partial charge in [0.05, 0.1) is 0 Å². The molecule has 0 aromatic heterocycles. The highest BCUT2D eigenvalue weighted by atomic mass is 28.5. The van der Waals surface area contributed by atoms with Gasteiger partial charge in [0.2, 0.25) is 0 Å². The average molecular weight is 585 g/mol. The molecule has 0 unspecified atom stereocenters. The highest BCUT2D eigenvalue weighted by Crippen LogP contribution is 2.25. The highest BCUT2D eigenvalue weighted by molar-refractivity contribution is 6.91. The first kappa shape index (κ1) is 31.4. The van der Waals surface area contributed by atoms with E-state index in [9.17, 15) is 0 Å². The van der Waals surface area contributed by atoms with Gasteiger partial charge < -0.3 is 33.5 Å². The maximum absolute atomic E-state index is 6.79. The normalized spacial score (nSPS) is 15.8. The Labute approximate surface area is 211 Å². The van der Waals surface area contributed by atoms with Crippen molar-refractivity contribution in [3.05, 3.63) is 30.3 Å². The van der Waals surface area contributed by atoms with Gasteiger partial charge in [0.15, 0.2) is 9.04 Å². The van der Waals surface area contributed by atoms with Crippen LogP contribution in [0, 0.1) is 0 Å². The maximum atomic E-state index is 6.79. The SMILES string of the molecule is CCO[SiH2]O[Si](O[SiH2]OCC)(O[Si](C)(C)O[Si](C)(C)O[Si](C)(C)O[SiH](C)C)c1ccccc1. The molecule has 33 heavy (non-hydrogen) atoms. The maximum Gasteiger partial charge on any atom is 0.509 e. The molecule has 1 aromatic carbocycles. The zero-order valence-electron chi connectivity index (χ0n) is 22.1. The molecule has 0 aliphatic rings. The van der Waals surface area contributed by atoms with Crippen LogP contribution >= 0.6 is 0 Å². The van der Waals surface area contributed by atoms with Crippen LogP contribution in [0.1, 0.15) is 13.8 Å². The summed E-state index contributed by atoms with van der Waals surface area (Å²) in [6, 6.07) is 9.89. The molecule has 0 radical (unpaired) electrons. The number of hydrogen-bond donors (Lipinski definition) is 0. The van der Waals surface area contributed by atoms with E-state index in [4.69, 9.17) is 33.5 Å². The summed E-state index contributed by atoms with van der Waals surface area (Å²) in [5.41, 5.74) is 0.